The lowest BCUT2D eigenvalue weighted by molar-refractivity contribution is -0.161. The molecule has 0 amide bonds. The summed E-state index contributed by atoms with van der Waals surface area (Å²) in [7, 11) is 0. The highest BCUT2D eigenvalue weighted by molar-refractivity contribution is 5.70. The van der Waals surface area contributed by atoms with Crippen molar-refractivity contribution >= 4 is 11.9 Å². The van der Waals surface area contributed by atoms with Crippen molar-refractivity contribution in [1.82, 2.24) is 0 Å². The summed E-state index contributed by atoms with van der Waals surface area (Å²) in [5.74, 6) is -0.590. The third-order valence-corrected chi connectivity index (χ3v) is 13.1. The van der Waals surface area contributed by atoms with Crippen molar-refractivity contribution < 1.29 is 24.2 Å². The number of esters is 2. The summed E-state index contributed by atoms with van der Waals surface area (Å²) in [4.78, 5) is 24.5. The summed E-state index contributed by atoms with van der Waals surface area (Å²) >= 11 is 0. The van der Waals surface area contributed by atoms with Gasteiger partial charge in [0.25, 0.3) is 0 Å². The summed E-state index contributed by atoms with van der Waals surface area (Å²) in [5.41, 5.74) is 0. The lowest BCUT2D eigenvalue weighted by Gasteiger charge is -2.15. The molecule has 5 heteroatoms. The van der Waals surface area contributed by atoms with Crippen LogP contribution >= 0.6 is 0 Å². The Balaban J connectivity index is 3.49. The standard InChI is InChI=1S/C67H114O5/c1-3-5-7-9-11-13-15-17-19-21-22-23-24-25-26-27-28-29-30-31-32-33-34-35-36-37-38-39-40-41-42-43-44-46-48-50-52-54-56-58-60-62-67(70)72-65(63-68)64-71-66(69)61-59-57-55-53-51-49-47-45-20-18-16-14-12-10-8-6-4-2/h5,7,11,13,17-20,22-23,25-26,28-29,31-32,34-35,65,68H,3-4,6,8-10,12,14-16,21,24,27,30,33,36-64H2,1-2H3/b7-5-,13-11-,19-17-,20-18-,23-22-,26-25-,29-28-,32-31-,35-34-. The number of hydrogen-bond donors (Lipinski definition) is 1. The molecule has 0 rings (SSSR count). The zero-order valence-electron chi connectivity index (χ0n) is 47.2. The maximum Gasteiger partial charge on any atom is 0.306 e. The van der Waals surface area contributed by atoms with Gasteiger partial charge in [0.1, 0.15) is 6.61 Å². The van der Waals surface area contributed by atoms with Gasteiger partial charge in [0.05, 0.1) is 6.61 Å². The SMILES string of the molecule is CC/C=C\C/C=C\C/C=C\C/C=C\C/C=C\C/C=C\C/C=C\C/C=C\CCCCCCCCCCCCCCCCCCC(=O)OC(CO)COC(=O)CCCCCCCCC/C=C\CCCCCCCC. The number of unbranched alkanes of at least 4 members (excludes halogenated alkanes) is 29. The summed E-state index contributed by atoms with van der Waals surface area (Å²) < 4.78 is 10.7. The summed E-state index contributed by atoms with van der Waals surface area (Å²) in [5, 5.41) is 9.65. The van der Waals surface area contributed by atoms with Crippen LogP contribution in [0, 0.1) is 0 Å². The number of allylic oxidation sites excluding steroid dienone is 18. The van der Waals surface area contributed by atoms with Crippen LogP contribution in [0.4, 0.5) is 0 Å². The van der Waals surface area contributed by atoms with Gasteiger partial charge in [-0.3, -0.25) is 9.59 Å². The molecule has 0 aliphatic carbocycles. The van der Waals surface area contributed by atoms with Crippen LogP contribution < -0.4 is 0 Å². The lowest BCUT2D eigenvalue weighted by atomic mass is 10.0. The molecule has 0 saturated carbocycles. The van der Waals surface area contributed by atoms with Crippen LogP contribution in [0.3, 0.4) is 0 Å². The van der Waals surface area contributed by atoms with Crippen LogP contribution in [0.1, 0.15) is 284 Å². The van der Waals surface area contributed by atoms with Gasteiger partial charge in [-0.25, -0.2) is 0 Å². The third-order valence-electron chi connectivity index (χ3n) is 13.1. The first-order valence-corrected chi connectivity index (χ1v) is 30.4. The first kappa shape index (κ1) is 68.6. The van der Waals surface area contributed by atoms with Gasteiger partial charge >= 0.3 is 11.9 Å². The molecule has 412 valence electrons. The zero-order chi connectivity index (χ0) is 52.0. The van der Waals surface area contributed by atoms with Crippen molar-refractivity contribution in [1.29, 1.82) is 0 Å². The Hall–Kier alpha value is -3.44. The first-order valence-electron chi connectivity index (χ1n) is 30.4. The Morgan fingerprint density at radius 2 is 0.597 bits per heavy atom. The molecule has 0 fully saturated rings. The fourth-order valence-electron chi connectivity index (χ4n) is 8.51. The molecule has 0 aromatic heterocycles. The number of carbonyl (C=O) groups excluding carboxylic acids is 2. The molecule has 1 atom stereocenters. The second kappa shape index (κ2) is 61.9. The molecular weight excluding hydrogens is 885 g/mol. The van der Waals surface area contributed by atoms with Crippen molar-refractivity contribution in [2.75, 3.05) is 13.2 Å². The second-order valence-corrected chi connectivity index (χ2v) is 20.0. The van der Waals surface area contributed by atoms with Gasteiger partial charge in [0, 0.05) is 12.8 Å². The van der Waals surface area contributed by atoms with Crippen molar-refractivity contribution in [2.45, 2.75) is 290 Å². The molecule has 0 bridgehead atoms. The molecule has 0 spiro atoms. The molecule has 0 aliphatic heterocycles. The molecule has 0 aromatic rings. The van der Waals surface area contributed by atoms with Crippen molar-refractivity contribution in [3.8, 4) is 0 Å². The van der Waals surface area contributed by atoms with Gasteiger partial charge < -0.3 is 14.6 Å². The number of hydrogen-bond acceptors (Lipinski definition) is 5. The molecule has 1 unspecified atom stereocenters. The highest BCUT2D eigenvalue weighted by Gasteiger charge is 2.16. The van der Waals surface area contributed by atoms with E-state index in [4.69, 9.17) is 9.47 Å². The number of rotatable bonds is 55. The molecule has 1 N–H and O–H groups in total. The Morgan fingerprint density at radius 3 is 0.917 bits per heavy atom. The van der Waals surface area contributed by atoms with Crippen molar-refractivity contribution in [3.05, 3.63) is 109 Å². The van der Waals surface area contributed by atoms with E-state index in [1.807, 2.05) is 0 Å². The number of aliphatic hydroxyl groups excluding tert-OH is 1. The van der Waals surface area contributed by atoms with Crippen LogP contribution in [-0.4, -0.2) is 36.4 Å². The zero-order valence-corrected chi connectivity index (χ0v) is 47.2. The average molecular weight is 1000 g/mol. The molecular formula is C67H114O5. The maximum atomic E-state index is 12.3. The Morgan fingerprint density at radius 1 is 0.333 bits per heavy atom. The van der Waals surface area contributed by atoms with Crippen LogP contribution in [0.5, 0.6) is 0 Å². The first-order chi connectivity index (χ1) is 35.6. The minimum absolute atomic E-state index is 0.0692. The Kier molecular flexibility index (Phi) is 58.9. The van der Waals surface area contributed by atoms with Gasteiger partial charge in [0.15, 0.2) is 6.10 Å². The predicted octanol–water partition coefficient (Wildman–Crippen LogP) is 20.9. The van der Waals surface area contributed by atoms with E-state index >= 15 is 0 Å². The van der Waals surface area contributed by atoms with E-state index in [2.05, 4.69) is 123 Å². The normalized spacial score (nSPS) is 13.0. The summed E-state index contributed by atoms with van der Waals surface area (Å²) in [6.07, 6.45) is 89.4. The van der Waals surface area contributed by atoms with Crippen LogP contribution in [0.15, 0.2) is 109 Å². The van der Waals surface area contributed by atoms with Gasteiger partial charge in [-0.15, -0.1) is 0 Å². The van der Waals surface area contributed by atoms with E-state index < -0.39 is 6.10 Å². The van der Waals surface area contributed by atoms with Gasteiger partial charge in [-0.1, -0.05) is 277 Å². The molecule has 0 saturated heterocycles. The quantitative estimate of drug-likeness (QED) is 0.0373. The van der Waals surface area contributed by atoms with Gasteiger partial charge in [-0.2, -0.15) is 0 Å². The summed E-state index contributed by atoms with van der Waals surface area (Å²) in [6, 6.07) is 0. The van der Waals surface area contributed by atoms with E-state index in [9.17, 15) is 14.7 Å². The van der Waals surface area contributed by atoms with Crippen molar-refractivity contribution in [2.24, 2.45) is 0 Å². The van der Waals surface area contributed by atoms with Gasteiger partial charge in [0.2, 0.25) is 0 Å². The molecule has 0 heterocycles. The van der Waals surface area contributed by atoms with Crippen molar-refractivity contribution in [3.63, 3.8) is 0 Å². The minimum atomic E-state index is -0.778. The molecule has 0 aliphatic rings. The topological polar surface area (TPSA) is 72.8 Å². The smallest absolute Gasteiger partial charge is 0.306 e. The monoisotopic (exact) mass is 999 g/mol. The van der Waals surface area contributed by atoms with Crippen LogP contribution in [-0.2, 0) is 19.1 Å². The largest absolute Gasteiger partial charge is 0.462 e. The second-order valence-electron chi connectivity index (χ2n) is 20.0. The fraction of sp³-hybridized carbons (Fsp3) is 0.701. The van der Waals surface area contributed by atoms with E-state index in [1.54, 1.807) is 0 Å². The lowest BCUT2D eigenvalue weighted by Crippen LogP contribution is -2.28. The van der Waals surface area contributed by atoms with E-state index in [0.717, 1.165) is 89.9 Å². The Bertz CT molecular complexity index is 1410. The molecule has 0 aromatic carbocycles. The van der Waals surface area contributed by atoms with E-state index in [0.29, 0.717) is 12.8 Å². The predicted molar refractivity (Wildman–Crippen MR) is 315 cm³/mol. The van der Waals surface area contributed by atoms with Crippen LogP contribution in [0.2, 0.25) is 0 Å². The highest BCUT2D eigenvalue weighted by Crippen LogP contribution is 2.16. The van der Waals surface area contributed by atoms with E-state index in [-0.39, 0.29) is 25.2 Å². The number of carbonyl (C=O) groups is 2. The summed E-state index contributed by atoms with van der Waals surface area (Å²) in [6.45, 7) is 4.03. The van der Waals surface area contributed by atoms with E-state index in [1.165, 1.54) is 167 Å². The molecule has 0 radical (unpaired) electrons. The Labute approximate surface area is 446 Å². The van der Waals surface area contributed by atoms with Gasteiger partial charge in [-0.05, 0) is 103 Å². The number of ether oxygens (including phenoxy) is 2. The molecule has 72 heavy (non-hydrogen) atoms. The highest BCUT2D eigenvalue weighted by atomic mass is 16.6. The van der Waals surface area contributed by atoms with Crippen LogP contribution in [0.25, 0.3) is 0 Å². The number of aliphatic hydroxyl groups is 1. The average Bonchev–Trinajstić information content (AvgIpc) is 3.38. The maximum absolute atomic E-state index is 12.3. The fourth-order valence-corrected chi connectivity index (χ4v) is 8.51. The molecule has 5 nitrogen and oxygen atoms in total. The minimum Gasteiger partial charge on any atom is -0.462 e. The third kappa shape index (κ3) is 59.1.